The van der Waals surface area contributed by atoms with E-state index in [2.05, 4.69) is 127 Å². The quantitative estimate of drug-likeness (QED) is 0.171. The fourth-order valence-electron chi connectivity index (χ4n) is 7.90. The Balaban J connectivity index is 1.06. The van der Waals surface area contributed by atoms with Crippen LogP contribution in [0.2, 0.25) is 0 Å². The van der Waals surface area contributed by atoms with Gasteiger partial charge in [-0.2, -0.15) is 0 Å². The molecule has 0 saturated carbocycles. The molecule has 8 aromatic carbocycles. The van der Waals surface area contributed by atoms with Gasteiger partial charge in [-0.3, -0.25) is 0 Å². The van der Waals surface area contributed by atoms with Gasteiger partial charge in [-0.05, 0) is 22.8 Å². The SMILES string of the molecule is c1ccc(-c2nc(-c3ccccc3)nc(-c3cccc(-c4cccc5c4oc4c(-c6cccc7c6sc6c(-c8ccccc8)cccc67)cccc45)c3)n2)cc1. The van der Waals surface area contributed by atoms with Gasteiger partial charge in [0.05, 0.1) is 0 Å². The molecule has 56 heavy (non-hydrogen) atoms. The van der Waals surface area contributed by atoms with E-state index >= 15 is 0 Å². The third kappa shape index (κ3) is 5.40. The third-order valence-corrected chi connectivity index (χ3v) is 11.8. The highest BCUT2D eigenvalue weighted by Crippen LogP contribution is 2.46. The molecule has 0 spiro atoms. The van der Waals surface area contributed by atoms with Crippen LogP contribution in [0.3, 0.4) is 0 Å². The molecule has 0 radical (unpaired) electrons. The number of thiophene rings is 1. The first-order valence-electron chi connectivity index (χ1n) is 18.7. The van der Waals surface area contributed by atoms with Crippen LogP contribution < -0.4 is 0 Å². The van der Waals surface area contributed by atoms with Crippen molar-refractivity contribution >= 4 is 53.4 Å². The van der Waals surface area contributed by atoms with Crippen LogP contribution in [0.4, 0.5) is 0 Å². The van der Waals surface area contributed by atoms with Crippen LogP contribution in [0, 0.1) is 0 Å². The highest BCUT2D eigenvalue weighted by atomic mass is 32.1. The monoisotopic (exact) mass is 733 g/mol. The van der Waals surface area contributed by atoms with E-state index in [4.69, 9.17) is 19.4 Å². The fourth-order valence-corrected chi connectivity index (χ4v) is 9.26. The molecular weight excluding hydrogens is 703 g/mol. The summed E-state index contributed by atoms with van der Waals surface area (Å²) in [6, 6.07) is 65.5. The molecular formula is C51H31N3OS. The van der Waals surface area contributed by atoms with Crippen molar-refractivity contribution < 1.29 is 4.42 Å². The van der Waals surface area contributed by atoms with Crippen molar-refractivity contribution in [3.63, 3.8) is 0 Å². The van der Waals surface area contributed by atoms with E-state index in [9.17, 15) is 0 Å². The zero-order chi connectivity index (χ0) is 37.0. The first-order valence-corrected chi connectivity index (χ1v) is 19.5. The van der Waals surface area contributed by atoms with Crippen molar-refractivity contribution in [2.75, 3.05) is 0 Å². The van der Waals surface area contributed by atoms with E-state index in [0.29, 0.717) is 17.5 Å². The summed E-state index contributed by atoms with van der Waals surface area (Å²) in [5.41, 5.74) is 11.3. The zero-order valence-corrected chi connectivity index (χ0v) is 30.9. The summed E-state index contributed by atoms with van der Waals surface area (Å²) in [4.78, 5) is 14.9. The maximum atomic E-state index is 7.00. The number of benzene rings is 8. The van der Waals surface area contributed by atoms with Crippen LogP contribution in [0.5, 0.6) is 0 Å². The highest BCUT2D eigenvalue weighted by molar-refractivity contribution is 7.26. The Kier molecular flexibility index (Phi) is 7.64. The number of para-hydroxylation sites is 2. The summed E-state index contributed by atoms with van der Waals surface area (Å²) in [5, 5.41) is 4.71. The molecule has 0 N–H and O–H groups in total. The smallest absolute Gasteiger partial charge is 0.164 e. The lowest BCUT2D eigenvalue weighted by Gasteiger charge is -2.10. The van der Waals surface area contributed by atoms with Crippen LogP contribution in [-0.2, 0) is 0 Å². The van der Waals surface area contributed by atoms with E-state index in [1.54, 1.807) is 0 Å². The molecule has 5 heteroatoms. The molecule has 0 aliphatic rings. The van der Waals surface area contributed by atoms with Crippen LogP contribution >= 0.6 is 11.3 Å². The summed E-state index contributed by atoms with van der Waals surface area (Å²) in [6.45, 7) is 0. The molecule has 0 fully saturated rings. The zero-order valence-electron chi connectivity index (χ0n) is 30.1. The number of hydrogen-bond donors (Lipinski definition) is 0. The van der Waals surface area contributed by atoms with Gasteiger partial charge in [-0.1, -0.05) is 182 Å². The van der Waals surface area contributed by atoms with Gasteiger partial charge < -0.3 is 4.42 Å². The Morgan fingerprint density at radius 2 is 0.714 bits per heavy atom. The van der Waals surface area contributed by atoms with E-state index in [-0.39, 0.29) is 0 Å². The Labute approximate surface area is 327 Å². The van der Waals surface area contributed by atoms with E-state index in [1.807, 2.05) is 72.0 Å². The second kappa shape index (κ2) is 13.3. The van der Waals surface area contributed by atoms with Gasteiger partial charge in [0.2, 0.25) is 0 Å². The molecule has 0 atom stereocenters. The largest absolute Gasteiger partial charge is 0.455 e. The molecule has 0 aliphatic heterocycles. The Bertz CT molecular complexity index is 3180. The molecule has 4 nitrogen and oxygen atoms in total. The lowest BCUT2D eigenvalue weighted by molar-refractivity contribution is 0.671. The molecule has 262 valence electrons. The topological polar surface area (TPSA) is 51.8 Å². The van der Waals surface area contributed by atoms with Gasteiger partial charge in [0.15, 0.2) is 17.5 Å². The van der Waals surface area contributed by atoms with Gasteiger partial charge in [0, 0.05) is 64.3 Å². The van der Waals surface area contributed by atoms with Crippen molar-refractivity contribution in [3.8, 4) is 67.5 Å². The van der Waals surface area contributed by atoms with Crippen molar-refractivity contribution in [2.24, 2.45) is 0 Å². The molecule has 0 unspecified atom stereocenters. The minimum atomic E-state index is 0.616. The number of fused-ring (bicyclic) bond motifs is 6. The standard InChI is InChI=1S/C51H31N3OS/c1-4-15-32(16-5-1)38-24-12-29-43-44-30-14-28-42(48(44)56-47(38)43)41-27-13-26-40-39-25-11-23-37(45(39)55-46(40)41)35-21-10-22-36(31-35)51-53-49(33-17-6-2-7-18-33)52-50(54-51)34-19-8-3-9-20-34/h1-31H. The van der Waals surface area contributed by atoms with E-state index in [0.717, 1.165) is 55.3 Å². The van der Waals surface area contributed by atoms with Crippen LogP contribution in [0.1, 0.15) is 0 Å². The lowest BCUT2D eigenvalue weighted by atomic mass is 9.98. The van der Waals surface area contributed by atoms with E-state index in [1.165, 1.54) is 36.9 Å². The summed E-state index contributed by atoms with van der Waals surface area (Å²) < 4.78 is 9.56. The van der Waals surface area contributed by atoms with Gasteiger partial charge in [-0.25, -0.2) is 15.0 Å². The molecule has 0 saturated heterocycles. The number of aromatic nitrogens is 3. The molecule has 3 aromatic heterocycles. The Morgan fingerprint density at radius 1 is 0.304 bits per heavy atom. The number of furan rings is 1. The van der Waals surface area contributed by atoms with Gasteiger partial charge in [-0.15, -0.1) is 11.3 Å². The van der Waals surface area contributed by atoms with Crippen LogP contribution in [0.25, 0.3) is 110 Å². The maximum absolute atomic E-state index is 7.00. The maximum Gasteiger partial charge on any atom is 0.164 e. The summed E-state index contributed by atoms with van der Waals surface area (Å²) in [5.74, 6) is 1.89. The molecule has 0 aliphatic carbocycles. The number of rotatable bonds is 6. The first-order chi connectivity index (χ1) is 27.8. The predicted molar refractivity (Wildman–Crippen MR) is 233 cm³/mol. The van der Waals surface area contributed by atoms with Crippen molar-refractivity contribution in [1.29, 1.82) is 0 Å². The minimum absolute atomic E-state index is 0.616. The van der Waals surface area contributed by atoms with Crippen molar-refractivity contribution in [2.45, 2.75) is 0 Å². The Morgan fingerprint density at radius 3 is 1.32 bits per heavy atom. The Hall–Kier alpha value is -7.21. The molecule has 11 aromatic rings. The molecule has 0 bridgehead atoms. The minimum Gasteiger partial charge on any atom is -0.455 e. The van der Waals surface area contributed by atoms with E-state index < -0.39 is 0 Å². The average molecular weight is 734 g/mol. The average Bonchev–Trinajstić information content (AvgIpc) is 3.86. The van der Waals surface area contributed by atoms with Gasteiger partial charge in [0.1, 0.15) is 11.2 Å². The van der Waals surface area contributed by atoms with Gasteiger partial charge in [0.25, 0.3) is 0 Å². The normalized spacial score (nSPS) is 11.6. The van der Waals surface area contributed by atoms with Crippen molar-refractivity contribution in [3.05, 3.63) is 188 Å². The molecule has 3 heterocycles. The second-order valence-corrected chi connectivity index (χ2v) is 14.9. The fraction of sp³-hybridized carbons (Fsp3) is 0. The number of nitrogens with zero attached hydrogens (tertiary/aromatic N) is 3. The summed E-state index contributed by atoms with van der Waals surface area (Å²) in [7, 11) is 0. The van der Waals surface area contributed by atoms with Crippen LogP contribution in [-0.4, -0.2) is 15.0 Å². The second-order valence-electron chi connectivity index (χ2n) is 13.9. The summed E-state index contributed by atoms with van der Waals surface area (Å²) >= 11 is 1.86. The first kappa shape index (κ1) is 32.2. The van der Waals surface area contributed by atoms with Gasteiger partial charge >= 0.3 is 0 Å². The lowest BCUT2D eigenvalue weighted by Crippen LogP contribution is -2.00. The number of hydrogen-bond acceptors (Lipinski definition) is 5. The molecule has 0 amide bonds. The van der Waals surface area contributed by atoms with Crippen molar-refractivity contribution in [1.82, 2.24) is 15.0 Å². The predicted octanol–water partition coefficient (Wildman–Crippen LogP) is 14.1. The molecule has 11 rings (SSSR count). The van der Waals surface area contributed by atoms with Crippen LogP contribution in [0.15, 0.2) is 192 Å². The highest BCUT2D eigenvalue weighted by Gasteiger charge is 2.20. The third-order valence-electron chi connectivity index (χ3n) is 10.6. The summed E-state index contributed by atoms with van der Waals surface area (Å²) in [6.07, 6.45) is 0.